The lowest BCUT2D eigenvalue weighted by atomic mass is 10.2. The molecule has 1 rings (SSSR count). The van der Waals surface area contributed by atoms with Gasteiger partial charge in [-0.1, -0.05) is 15.9 Å². The molecular formula is C15H22BrN3O2. The summed E-state index contributed by atoms with van der Waals surface area (Å²) < 4.78 is 0.972. The van der Waals surface area contributed by atoms with Crippen LogP contribution in [0.4, 0.5) is 5.69 Å². The van der Waals surface area contributed by atoms with Gasteiger partial charge in [-0.3, -0.25) is 14.5 Å². The van der Waals surface area contributed by atoms with Crippen LogP contribution in [0.5, 0.6) is 0 Å². The molecular weight excluding hydrogens is 334 g/mol. The van der Waals surface area contributed by atoms with Gasteiger partial charge in [0.25, 0.3) is 0 Å². The summed E-state index contributed by atoms with van der Waals surface area (Å²) >= 11 is 3.39. The molecule has 0 aliphatic heterocycles. The molecule has 0 radical (unpaired) electrons. The zero-order chi connectivity index (χ0) is 16.0. The summed E-state index contributed by atoms with van der Waals surface area (Å²) in [4.78, 5) is 25.5. The average Bonchev–Trinajstić information content (AvgIpc) is 2.41. The molecule has 5 nitrogen and oxygen atoms in total. The van der Waals surface area contributed by atoms with Crippen LogP contribution < -0.4 is 10.6 Å². The van der Waals surface area contributed by atoms with Crippen molar-refractivity contribution >= 4 is 33.4 Å². The third kappa shape index (κ3) is 5.47. The number of benzene rings is 1. The molecule has 0 saturated carbocycles. The Bertz CT molecular complexity index is 520. The first kappa shape index (κ1) is 17.7. The van der Waals surface area contributed by atoms with Gasteiger partial charge in [0.1, 0.15) is 0 Å². The number of likely N-dealkylation sites (N-methyl/N-ethyl adjacent to an activating group) is 2. The molecule has 21 heavy (non-hydrogen) atoms. The second kappa shape index (κ2) is 8.14. The van der Waals surface area contributed by atoms with E-state index in [2.05, 4.69) is 26.6 Å². The summed E-state index contributed by atoms with van der Waals surface area (Å²) in [6.45, 7) is 6.33. The Morgan fingerprint density at radius 3 is 2.62 bits per heavy atom. The van der Waals surface area contributed by atoms with Crippen molar-refractivity contribution in [1.82, 2.24) is 10.2 Å². The van der Waals surface area contributed by atoms with E-state index in [-0.39, 0.29) is 24.4 Å². The van der Waals surface area contributed by atoms with Crippen molar-refractivity contribution < 1.29 is 9.59 Å². The molecule has 2 amide bonds. The first-order chi connectivity index (χ1) is 9.85. The van der Waals surface area contributed by atoms with Crippen LogP contribution in [-0.2, 0) is 9.59 Å². The minimum absolute atomic E-state index is 0.0763. The quantitative estimate of drug-likeness (QED) is 0.821. The highest BCUT2D eigenvalue weighted by Crippen LogP contribution is 2.19. The van der Waals surface area contributed by atoms with Crippen LogP contribution in [0.25, 0.3) is 0 Å². The number of nitrogens with one attached hydrogen (secondary N) is 2. The highest BCUT2D eigenvalue weighted by Gasteiger charge is 2.19. The average molecular weight is 356 g/mol. The molecule has 0 fully saturated rings. The fraction of sp³-hybridized carbons (Fsp3) is 0.467. The monoisotopic (exact) mass is 355 g/mol. The molecule has 1 aromatic rings. The van der Waals surface area contributed by atoms with Crippen LogP contribution in [0.15, 0.2) is 22.7 Å². The third-order valence-electron chi connectivity index (χ3n) is 3.25. The number of halogens is 1. The van der Waals surface area contributed by atoms with Gasteiger partial charge in [-0.15, -0.1) is 0 Å². The van der Waals surface area contributed by atoms with E-state index in [1.54, 1.807) is 18.9 Å². The molecule has 6 heteroatoms. The summed E-state index contributed by atoms with van der Waals surface area (Å²) in [5.74, 6) is -0.216. The van der Waals surface area contributed by atoms with Crippen molar-refractivity contribution in [2.24, 2.45) is 0 Å². The predicted octanol–water partition coefficient (Wildman–Crippen LogP) is 2.15. The number of anilines is 1. The Morgan fingerprint density at radius 1 is 1.38 bits per heavy atom. The number of nitrogens with zero attached hydrogens (tertiary/aromatic N) is 1. The summed E-state index contributed by atoms with van der Waals surface area (Å²) in [5.41, 5.74) is 1.76. The second-order valence-electron chi connectivity index (χ2n) is 4.99. The highest BCUT2D eigenvalue weighted by molar-refractivity contribution is 9.10. The number of amides is 2. The Labute approximate surface area is 134 Å². The lowest BCUT2D eigenvalue weighted by Crippen LogP contribution is -2.45. The maximum Gasteiger partial charge on any atom is 0.238 e. The zero-order valence-corrected chi connectivity index (χ0v) is 14.5. The standard InChI is InChI=1S/C15H22BrN3O2/c1-5-17-15(21)11(3)19(4)9-14(20)18-13-7-6-12(16)8-10(13)2/h6-8,11H,5,9H2,1-4H3,(H,17,21)(H,18,20)/t11-/m1/s1. The molecule has 0 unspecified atom stereocenters. The van der Waals surface area contributed by atoms with Crippen LogP contribution in [0.1, 0.15) is 19.4 Å². The van der Waals surface area contributed by atoms with Crippen LogP contribution in [0.3, 0.4) is 0 Å². The van der Waals surface area contributed by atoms with Gasteiger partial charge in [0.05, 0.1) is 12.6 Å². The van der Waals surface area contributed by atoms with Gasteiger partial charge in [-0.05, 0) is 51.6 Å². The van der Waals surface area contributed by atoms with Crippen molar-refractivity contribution in [1.29, 1.82) is 0 Å². The fourth-order valence-electron chi connectivity index (χ4n) is 1.84. The van der Waals surface area contributed by atoms with E-state index in [1.165, 1.54) is 0 Å². The first-order valence-electron chi connectivity index (χ1n) is 6.89. The van der Waals surface area contributed by atoms with E-state index in [1.807, 2.05) is 32.0 Å². The molecule has 0 heterocycles. The van der Waals surface area contributed by atoms with Crippen LogP contribution in [-0.4, -0.2) is 42.9 Å². The molecule has 0 bridgehead atoms. The van der Waals surface area contributed by atoms with E-state index in [0.29, 0.717) is 6.54 Å². The van der Waals surface area contributed by atoms with E-state index < -0.39 is 0 Å². The van der Waals surface area contributed by atoms with Crippen molar-refractivity contribution in [2.45, 2.75) is 26.8 Å². The van der Waals surface area contributed by atoms with Crippen molar-refractivity contribution in [3.8, 4) is 0 Å². The molecule has 2 N–H and O–H groups in total. The minimum atomic E-state index is -0.346. The smallest absolute Gasteiger partial charge is 0.238 e. The third-order valence-corrected chi connectivity index (χ3v) is 3.74. The summed E-state index contributed by atoms with van der Waals surface area (Å²) in [5, 5.41) is 5.61. The number of rotatable bonds is 6. The van der Waals surface area contributed by atoms with Crippen LogP contribution in [0, 0.1) is 6.92 Å². The Morgan fingerprint density at radius 2 is 2.05 bits per heavy atom. The van der Waals surface area contributed by atoms with Gasteiger partial charge in [0.2, 0.25) is 11.8 Å². The molecule has 0 aromatic heterocycles. The summed E-state index contributed by atoms with van der Waals surface area (Å²) in [6.07, 6.45) is 0. The molecule has 0 spiro atoms. The topological polar surface area (TPSA) is 61.4 Å². The Kier molecular flexibility index (Phi) is 6.84. The Hall–Kier alpha value is -1.40. The van der Waals surface area contributed by atoms with Gasteiger partial charge in [-0.2, -0.15) is 0 Å². The van der Waals surface area contributed by atoms with Crippen LogP contribution >= 0.6 is 15.9 Å². The Balaban J connectivity index is 2.58. The number of aryl methyl sites for hydroxylation is 1. The van der Waals surface area contributed by atoms with E-state index in [9.17, 15) is 9.59 Å². The molecule has 1 atom stereocenters. The lowest BCUT2D eigenvalue weighted by Gasteiger charge is -2.23. The van der Waals surface area contributed by atoms with E-state index >= 15 is 0 Å². The SMILES string of the molecule is CCNC(=O)[C@@H](C)N(C)CC(=O)Nc1ccc(Br)cc1C. The van der Waals surface area contributed by atoms with Gasteiger partial charge < -0.3 is 10.6 Å². The zero-order valence-electron chi connectivity index (χ0n) is 12.9. The number of carbonyl (C=O) groups is 2. The number of hydrogen-bond donors (Lipinski definition) is 2. The van der Waals surface area contributed by atoms with Gasteiger partial charge in [0.15, 0.2) is 0 Å². The maximum absolute atomic E-state index is 12.0. The molecule has 1 aromatic carbocycles. The molecule has 116 valence electrons. The number of hydrogen-bond acceptors (Lipinski definition) is 3. The lowest BCUT2D eigenvalue weighted by molar-refractivity contribution is -0.126. The van der Waals surface area contributed by atoms with Crippen molar-refractivity contribution in [3.05, 3.63) is 28.2 Å². The van der Waals surface area contributed by atoms with Gasteiger partial charge in [0, 0.05) is 16.7 Å². The summed E-state index contributed by atoms with van der Waals surface area (Å²) in [6, 6.07) is 5.33. The van der Waals surface area contributed by atoms with Gasteiger partial charge in [-0.25, -0.2) is 0 Å². The summed E-state index contributed by atoms with van der Waals surface area (Å²) in [7, 11) is 1.76. The predicted molar refractivity (Wildman–Crippen MR) is 88.3 cm³/mol. The van der Waals surface area contributed by atoms with Crippen molar-refractivity contribution in [3.63, 3.8) is 0 Å². The first-order valence-corrected chi connectivity index (χ1v) is 7.68. The van der Waals surface area contributed by atoms with Gasteiger partial charge >= 0.3 is 0 Å². The highest BCUT2D eigenvalue weighted by atomic mass is 79.9. The molecule has 0 aliphatic carbocycles. The minimum Gasteiger partial charge on any atom is -0.355 e. The fourth-order valence-corrected chi connectivity index (χ4v) is 2.32. The normalized spacial score (nSPS) is 12.1. The largest absolute Gasteiger partial charge is 0.355 e. The number of carbonyl (C=O) groups excluding carboxylic acids is 2. The van der Waals surface area contributed by atoms with E-state index in [4.69, 9.17) is 0 Å². The maximum atomic E-state index is 12.0. The van der Waals surface area contributed by atoms with E-state index in [0.717, 1.165) is 15.7 Å². The van der Waals surface area contributed by atoms with Crippen LogP contribution in [0.2, 0.25) is 0 Å². The second-order valence-corrected chi connectivity index (χ2v) is 5.91. The van der Waals surface area contributed by atoms with Crippen molar-refractivity contribution in [2.75, 3.05) is 25.5 Å². The molecule has 0 aliphatic rings. The molecule has 0 saturated heterocycles.